The molecular weight excluding hydrogens is 661 g/mol. The predicted octanol–water partition coefficient (Wildman–Crippen LogP) is 5.87. The number of alkyl halides is 3. The first kappa shape index (κ1) is 34.7. The van der Waals surface area contributed by atoms with Crippen LogP contribution in [0, 0.1) is 5.92 Å². The van der Waals surface area contributed by atoms with Crippen LogP contribution in [0.2, 0.25) is 0 Å². The zero-order valence-electron chi connectivity index (χ0n) is 28.2. The summed E-state index contributed by atoms with van der Waals surface area (Å²) in [6, 6.07) is 18.5. The van der Waals surface area contributed by atoms with Gasteiger partial charge < -0.3 is 14.6 Å². The van der Waals surface area contributed by atoms with Gasteiger partial charge in [-0.2, -0.15) is 13.2 Å². The molecule has 3 N–H and O–H groups in total. The number of imidazole rings is 1. The number of aliphatic hydroxyl groups is 1. The first-order valence-electron chi connectivity index (χ1n) is 17.6. The molecule has 3 amide bonds. The molecule has 2 saturated heterocycles. The number of hydrogen-bond donors (Lipinski definition) is 3. The largest absolute Gasteiger partial charge is 0.416 e. The van der Waals surface area contributed by atoms with E-state index in [0.717, 1.165) is 92.9 Å². The summed E-state index contributed by atoms with van der Waals surface area (Å²) in [6.07, 6.45) is -0.497. The molecule has 2 aliphatic heterocycles. The number of rotatable bonds is 8. The zero-order valence-corrected chi connectivity index (χ0v) is 28.2. The van der Waals surface area contributed by atoms with Gasteiger partial charge in [-0.15, -0.1) is 0 Å². The topological polar surface area (TPSA) is 120 Å². The van der Waals surface area contributed by atoms with Crippen molar-refractivity contribution < 1.29 is 32.7 Å². The van der Waals surface area contributed by atoms with Crippen LogP contribution >= 0.6 is 0 Å². The maximum atomic E-state index is 13.4. The van der Waals surface area contributed by atoms with Gasteiger partial charge in [-0.1, -0.05) is 30.3 Å². The Labute approximate surface area is 293 Å². The molecule has 1 aliphatic carbocycles. The van der Waals surface area contributed by atoms with Crippen LogP contribution < -0.4 is 15.5 Å². The van der Waals surface area contributed by atoms with Crippen LogP contribution in [0.3, 0.4) is 0 Å². The molecule has 0 radical (unpaired) electrons. The fraction of sp³-hybridized carbons (Fsp3) is 0.421. The number of anilines is 2. The molecule has 0 spiro atoms. The van der Waals surface area contributed by atoms with E-state index >= 15 is 0 Å². The van der Waals surface area contributed by atoms with E-state index < -0.39 is 17.6 Å². The van der Waals surface area contributed by atoms with Gasteiger partial charge in [0.15, 0.2) is 0 Å². The Balaban J connectivity index is 1.07. The SMILES string of the molecule is O=C1CCC(c2cccc(CN3CCN(c4ccc5c(c4)nc(NC(=O)c4cccc(C(F)(F)F)c4)n5C4CCC(CO)CC4)CC3)c2)C(=O)N1. The number of amides is 3. The number of nitrogens with one attached hydrogen (secondary N) is 2. The second-order valence-electron chi connectivity index (χ2n) is 13.9. The van der Waals surface area contributed by atoms with Crippen LogP contribution in [0.25, 0.3) is 11.0 Å². The maximum absolute atomic E-state index is 13.4. The molecule has 1 atom stereocenters. The zero-order chi connectivity index (χ0) is 35.7. The van der Waals surface area contributed by atoms with Gasteiger partial charge in [0.2, 0.25) is 17.8 Å². The van der Waals surface area contributed by atoms with E-state index in [9.17, 15) is 32.7 Å². The lowest BCUT2D eigenvalue weighted by atomic mass is 9.86. The van der Waals surface area contributed by atoms with Gasteiger partial charge in [0, 0.05) is 63.0 Å². The number of imide groups is 1. The number of piperazine rings is 1. The smallest absolute Gasteiger partial charge is 0.396 e. The van der Waals surface area contributed by atoms with Crippen molar-refractivity contribution >= 4 is 40.4 Å². The van der Waals surface area contributed by atoms with Crippen molar-refractivity contribution in [1.82, 2.24) is 19.8 Å². The molecule has 7 rings (SSSR count). The van der Waals surface area contributed by atoms with Crippen LogP contribution in [-0.2, 0) is 22.3 Å². The Morgan fingerprint density at radius 3 is 2.41 bits per heavy atom. The quantitative estimate of drug-likeness (QED) is 0.197. The summed E-state index contributed by atoms with van der Waals surface area (Å²) in [5.41, 5.74) is 3.56. The predicted molar refractivity (Wildman–Crippen MR) is 186 cm³/mol. The molecule has 0 bridgehead atoms. The number of fused-ring (bicyclic) bond motifs is 1. The van der Waals surface area contributed by atoms with Crippen molar-refractivity contribution in [3.05, 3.63) is 89.0 Å². The lowest BCUT2D eigenvalue weighted by molar-refractivity contribution is -0.138. The summed E-state index contributed by atoms with van der Waals surface area (Å²) < 4.78 is 42.1. The summed E-state index contributed by atoms with van der Waals surface area (Å²) in [5, 5.41) is 15.0. The molecule has 13 heteroatoms. The van der Waals surface area contributed by atoms with Crippen molar-refractivity contribution in [2.45, 2.75) is 63.2 Å². The van der Waals surface area contributed by atoms with Gasteiger partial charge in [0.05, 0.1) is 22.5 Å². The molecule has 268 valence electrons. The van der Waals surface area contributed by atoms with Crippen LogP contribution in [0.15, 0.2) is 66.7 Å². The standard InChI is InChI=1S/C38H41F3N6O4/c39-38(40,41)28-6-2-5-27(20-28)35(50)44-37-42-32-21-30(11-13-33(32)47(37)29-9-7-24(23-48)8-10-29)46-17-15-45(16-18-46)22-25-3-1-4-26(19-25)31-12-14-34(49)43-36(31)51/h1-6,11,13,19-21,24,29,31,48H,7-10,12,14-18,22-23H2,(H,42,44,50)(H,43,49,51). The first-order valence-corrected chi connectivity index (χ1v) is 17.6. The highest BCUT2D eigenvalue weighted by Crippen LogP contribution is 2.38. The van der Waals surface area contributed by atoms with Crippen LogP contribution in [-0.4, -0.2) is 70.1 Å². The number of hydrogen-bond acceptors (Lipinski definition) is 7. The van der Waals surface area contributed by atoms with Gasteiger partial charge in [-0.05, 0) is 85.5 Å². The average molecular weight is 703 g/mol. The van der Waals surface area contributed by atoms with E-state index in [-0.39, 0.29) is 41.9 Å². The molecule has 10 nitrogen and oxygen atoms in total. The number of carbonyl (C=O) groups is 3. The van der Waals surface area contributed by atoms with Crippen molar-refractivity contribution in [3.63, 3.8) is 0 Å². The highest BCUT2D eigenvalue weighted by Gasteiger charge is 2.32. The fourth-order valence-electron chi connectivity index (χ4n) is 7.68. The molecule has 1 aromatic heterocycles. The van der Waals surface area contributed by atoms with E-state index in [1.807, 2.05) is 28.8 Å². The molecular formula is C38H41F3N6O4. The van der Waals surface area contributed by atoms with Crippen molar-refractivity contribution in [3.8, 4) is 0 Å². The summed E-state index contributed by atoms with van der Waals surface area (Å²) in [4.78, 5) is 46.8. The molecule has 1 unspecified atom stereocenters. The fourth-order valence-corrected chi connectivity index (χ4v) is 7.68. The number of piperidine rings is 1. The molecule has 1 saturated carbocycles. The second kappa shape index (κ2) is 14.5. The summed E-state index contributed by atoms with van der Waals surface area (Å²) >= 11 is 0. The third-order valence-corrected chi connectivity index (χ3v) is 10.5. The Morgan fingerprint density at radius 2 is 1.69 bits per heavy atom. The van der Waals surface area contributed by atoms with Crippen molar-refractivity contribution in [2.75, 3.05) is 43.0 Å². The number of benzene rings is 3. The van der Waals surface area contributed by atoms with E-state index in [1.54, 1.807) is 0 Å². The maximum Gasteiger partial charge on any atom is 0.416 e. The third-order valence-electron chi connectivity index (χ3n) is 10.5. The average Bonchev–Trinajstić information content (AvgIpc) is 3.48. The van der Waals surface area contributed by atoms with Crippen LogP contribution in [0.5, 0.6) is 0 Å². The van der Waals surface area contributed by atoms with E-state index in [0.29, 0.717) is 24.3 Å². The lowest BCUT2D eigenvalue weighted by Crippen LogP contribution is -2.46. The second-order valence-corrected chi connectivity index (χ2v) is 13.9. The minimum Gasteiger partial charge on any atom is -0.396 e. The van der Waals surface area contributed by atoms with Crippen molar-refractivity contribution in [2.24, 2.45) is 5.92 Å². The summed E-state index contributed by atoms with van der Waals surface area (Å²) in [6.45, 7) is 4.07. The molecule has 3 aliphatic rings. The summed E-state index contributed by atoms with van der Waals surface area (Å²) in [7, 11) is 0. The molecule has 4 aromatic rings. The van der Waals surface area contributed by atoms with Gasteiger partial charge in [-0.3, -0.25) is 29.9 Å². The van der Waals surface area contributed by atoms with E-state index in [4.69, 9.17) is 4.98 Å². The van der Waals surface area contributed by atoms with Crippen molar-refractivity contribution in [1.29, 1.82) is 0 Å². The number of aliphatic hydroxyl groups excluding tert-OH is 1. The van der Waals surface area contributed by atoms with E-state index in [1.165, 1.54) is 12.1 Å². The minimum absolute atomic E-state index is 0.0116. The molecule has 3 fully saturated rings. The minimum atomic E-state index is -4.57. The van der Waals surface area contributed by atoms with Gasteiger partial charge in [0.1, 0.15) is 0 Å². The van der Waals surface area contributed by atoms with Gasteiger partial charge >= 0.3 is 6.18 Å². The molecule has 51 heavy (non-hydrogen) atoms. The molecule has 3 heterocycles. The Kier molecular flexibility index (Phi) is 9.84. The van der Waals surface area contributed by atoms with Gasteiger partial charge in [0.25, 0.3) is 5.91 Å². The first-order chi connectivity index (χ1) is 24.6. The highest BCUT2D eigenvalue weighted by atomic mass is 19.4. The van der Waals surface area contributed by atoms with Gasteiger partial charge in [-0.25, -0.2) is 4.98 Å². The number of aromatic nitrogens is 2. The van der Waals surface area contributed by atoms with Crippen LogP contribution in [0.1, 0.15) is 77.5 Å². The Hall–Kier alpha value is -4.75. The summed E-state index contributed by atoms with van der Waals surface area (Å²) in [5.74, 6) is -0.929. The third kappa shape index (κ3) is 7.64. The Bertz CT molecular complexity index is 1930. The normalized spacial score (nSPS) is 21.9. The van der Waals surface area contributed by atoms with Crippen LogP contribution in [0.4, 0.5) is 24.8 Å². The monoisotopic (exact) mass is 702 g/mol. The number of carbonyl (C=O) groups excluding carboxylic acids is 3. The highest BCUT2D eigenvalue weighted by molar-refractivity contribution is 6.04. The molecule has 3 aromatic carbocycles. The lowest BCUT2D eigenvalue weighted by Gasteiger charge is -2.36. The van der Waals surface area contributed by atoms with E-state index in [2.05, 4.69) is 38.6 Å². The number of nitrogens with zero attached hydrogens (tertiary/aromatic N) is 4. The number of halogens is 3. The Morgan fingerprint density at radius 1 is 0.922 bits per heavy atom.